The highest BCUT2D eigenvalue weighted by Crippen LogP contribution is 2.28. The Hall–Kier alpha value is -0.870. The molecule has 0 unspecified atom stereocenters. The Labute approximate surface area is 87.5 Å². The lowest BCUT2D eigenvalue weighted by Gasteiger charge is -2.45. The summed E-state index contributed by atoms with van der Waals surface area (Å²) in [6.45, 7) is 4.93. The Morgan fingerprint density at radius 2 is 2.21 bits per heavy atom. The highest BCUT2D eigenvalue weighted by molar-refractivity contribution is 6.28. The minimum atomic E-state index is -0.593. The zero-order valence-electron chi connectivity index (χ0n) is 8.16. The predicted molar refractivity (Wildman–Crippen MR) is 54.6 cm³/mol. The van der Waals surface area contributed by atoms with E-state index in [0.29, 0.717) is 13.1 Å². The van der Waals surface area contributed by atoms with Gasteiger partial charge in [-0.2, -0.15) is 0 Å². The van der Waals surface area contributed by atoms with Crippen LogP contribution in [0.5, 0.6) is 0 Å². The maximum absolute atomic E-state index is 9.59. The van der Waals surface area contributed by atoms with E-state index < -0.39 is 5.60 Å². The van der Waals surface area contributed by atoms with E-state index in [9.17, 15) is 5.11 Å². The van der Waals surface area contributed by atoms with Gasteiger partial charge in [0.1, 0.15) is 5.82 Å². The maximum Gasteiger partial charge on any atom is 0.224 e. The van der Waals surface area contributed by atoms with Gasteiger partial charge in [0.25, 0.3) is 0 Å². The van der Waals surface area contributed by atoms with Crippen LogP contribution in [0.3, 0.4) is 0 Å². The molecule has 1 aromatic heterocycles. The Kier molecular flexibility index (Phi) is 2.12. The Morgan fingerprint density at radius 3 is 2.79 bits per heavy atom. The van der Waals surface area contributed by atoms with E-state index in [4.69, 9.17) is 11.6 Å². The average Bonchev–Trinajstić information content (AvgIpc) is 2.05. The molecule has 0 spiro atoms. The molecule has 0 bridgehead atoms. The standard InChI is InChI=1S/C9H12ClN3O/c1-6-3-11-8(10)12-7(6)13-4-9(2,14)5-13/h3,14H,4-5H2,1-2H3. The van der Waals surface area contributed by atoms with Crippen LogP contribution in [-0.2, 0) is 0 Å². The second-order valence-corrected chi connectivity index (χ2v) is 4.34. The van der Waals surface area contributed by atoms with Crippen molar-refractivity contribution in [1.29, 1.82) is 0 Å². The fourth-order valence-electron chi connectivity index (χ4n) is 1.66. The van der Waals surface area contributed by atoms with Gasteiger partial charge in [0.05, 0.1) is 5.60 Å². The van der Waals surface area contributed by atoms with Crippen LogP contribution in [0, 0.1) is 6.92 Å². The number of aryl methyl sites for hydroxylation is 1. The molecule has 1 fully saturated rings. The van der Waals surface area contributed by atoms with Crippen LogP contribution in [0.1, 0.15) is 12.5 Å². The number of hydrogen-bond acceptors (Lipinski definition) is 4. The normalized spacial score (nSPS) is 19.3. The molecule has 0 amide bonds. The van der Waals surface area contributed by atoms with E-state index >= 15 is 0 Å². The number of aromatic nitrogens is 2. The number of halogens is 1. The van der Waals surface area contributed by atoms with Crippen LogP contribution in [0.4, 0.5) is 5.82 Å². The van der Waals surface area contributed by atoms with E-state index in [0.717, 1.165) is 11.4 Å². The zero-order chi connectivity index (χ0) is 10.3. The van der Waals surface area contributed by atoms with Gasteiger partial charge in [-0.25, -0.2) is 9.97 Å². The maximum atomic E-state index is 9.59. The van der Waals surface area contributed by atoms with Gasteiger partial charge in [-0.3, -0.25) is 0 Å². The Bertz CT molecular complexity index is 359. The molecule has 0 radical (unpaired) electrons. The van der Waals surface area contributed by atoms with Gasteiger partial charge in [-0.05, 0) is 25.4 Å². The van der Waals surface area contributed by atoms with Gasteiger partial charge in [0.2, 0.25) is 5.28 Å². The number of β-amino-alcohol motifs (C(OH)–C–C–N with tert-alkyl or cyclic N) is 1. The average molecular weight is 214 g/mol. The van der Waals surface area contributed by atoms with Crippen LogP contribution < -0.4 is 4.90 Å². The predicted octanol–water partition coefficient (Wildman–Crippen LogP) is 1.01. The lowest BCUT2D eigenvalue weighted by Crippen LogP contribution is -2.60. The Balaban J connectivity index is 2.22. The van der Waals surface area contributed by atoms with Gasteiger partial charge in [-0.15, -0.1) is 0 Å². The lowest BCUT2D eigenvalue weighted by molar-refractivity contribution is 0.0304. The molecule has 1 saturated heterocycles. The van der Waals surface area contributed by atoms with Gasteiger partial charge in [0, 0.05) is 24.8 Å². The SMILES string of the molecule is Cc1cnc(Cl)nc1N1CC(C)(O)C1. The zero-order valence-corrected chi connectivity index (χ0v) is 8.91. The third kappa shape index (κ3) is 1.67. The van der Waals surface area contributed by atoms with Crippen molar-refractivity contribution in [1.82, 2.24) is 9.97 Å². The highest BCUT2D eigenvalue weighted by Gasteiger charge is 2.37. The van der Waals surface area contributed by atoms with Crippen LogP contribution in [0.2, 0.25) is 5.28 Å². The minimum absolute atomic E-state index is 0.247. The lowest BCUT2D eigenvalue weighted by atomic mass is 9.97. The number of aliphatic hydroxyl groups is 1. The van der Waals surface area contributed by atoms with E-state index in [1.54, 1.807) is 6.20 Å². The molecule has 4 nitrogen and oxygen atoms in total. The molecular formula is C9H12ClN3O. The molecule has 0 saturated carbocycles. The molecule has 0 aromatic carbocycles. The topological polar surface area (TPSA) is 49.2 Å². The molecule has 0 atom stereocenters. The van der Waals surface area contributed by atoms with E-state index in [-0.39, 0.29) is 5.28 Å². The molecule has 76 valence electrons. The fourth-order valence-corrected chi connectivity index (χ4v) is 1.79. The second kappa shape index (κ2) is 3.07. The van der Waals surface area contributed by atoms with Crippen molar-refractivity contribution in [2.75, 3.05) is 18.0 Å². The number of anilines is 1. The first-order valence-electron chi connectivity index (χ1n) is 4.44. The van der Waals surface area contributed by atoms with E-state index in [1.165, 1.54) is 0 Å². The summed E-state index contributed by atoms with van der Waals surface area (Å²) in [7, 11) is 0. The molecule has 1 aromatic rings. The van der Waals surface area contributed by atoms with Crippen molar-refractivity contribution in [2.24, 2.45) is 0 Å². The minimum Gasteiger partial charge on any atom is -0.386 e. The molecule has 0 aliphatic carbocycles. The largest absolute Gasteiger partial charge is 0.386 e. The van der Waals surface area contributed by atoms with Crippen LogP contribution in [0.15, 0.2) is 6.20 Å². The fraction of sp³-hybridized carbons (Fsp3) is 0.556. The van der Waals surface area contributed by atoms with Crippen molar-refractivity contribution < 1.29 is 5.11 Å². The first-order chi connectivity index (χ1) is 6.48. The summed E-state index contributed by atoms with van der Waals surface area (Å²) in [5, 5.41) is 9.83. The summed E-state index contributed by atoms with van der Waals surface area (Å²) >= 11 is 5.70. The number of hydrogen-bond donors (Lipinski definition) is 1. The Morgan fingerprint density at radius 1 is 1.57 bits per heavy atom. The monoisotopic (exact) mass is 213 g/mol. The third-order valence-corrected chi connectivity index (χ3v) is 2.46. The van der Waals surface area contributed by atoms with Crippen molar-refractivity contribution in [2.45, 2.75) is 19.4 Å². The smallest absolute Gasteiger partial charge is 0.224 e. The van der Waals surface area contributed by atoms with Gasteiger partial charge >= 0.3 is 0 Å². The third-order valence-electron chi connectivity index (χ3n) is 2.28. The highest BCUT2D eigenvalue weighted by atomic mass is 35.5. The summed E-state index contributed by atoms with van der Waals surface area (Å²) in [6, 6.07) is 0. The quantitative estimate of drug-likeness (QED) is 0.708. The van der Waals surface area contributed by atoms with Crippen molar-refractivity contribution in [3.63, 3.8) is 0 Å². The van der Waals surface area contributed by atoms with Crippen molar-refractivity contribution in [3.05, 3.63) is 17.0 Å². The first-order valence-corrected chi connectivity index (χ1v) is 4.82. The summed E-state index contributed by atoms with van der Waals surface area (Å²) in [5.41, 5.74) is 0.383. The van der Waals surface area contributed by atoms with Crippen LogP contribution in [-0.4, -0.2) is 33.8 Å². The number of nitrogens with zero attached hydrogens (tertiary/aromatic N) is 3. The molecule has 2 rings (SSSR count). The van der Waals surface area contributed by atoms with Crippen molar-refractivity contribution in [3.8, 4) is 0 Å². The molecule has 1 aliphatic heterocycles. The molecule has 1 N–H and O–H groups in total. The number of rotatable bonds is 1. The van der Waals surface area contributed by atoms with E-state index in [1.807, 2.05) is 18.7 Å². The van der Waals surface area contributed by atoms with Gasteiger partial charge < -0.3 is 10.0 Å². The van der Waals surface area contributed by atoms with Gasteiger partial charge in [-0.1, -0.05) is 0 Å². The summed E-state index contributed by atoms with van der Waals surface area (Å²) in [4.78, 5) is 10.0. The van der Waals surface area contributed by atoms with Crippen LogP contribution in [0.25, 0.3) is 0 Å². The summed E-state index contributed by atoms with van der Waals surface area (Å²) in [6.07, 6.45) is 1.69. The summed E-state index contributed by atoms with van der Waals surface area (Å²) in [5.74, 6) is 0.816. The first kappa shape index (κ1) is 9.68. The van der Waals surface area contributed by atoms with Gasteiger partial charge in [0.15, 0.2) is 0 Å². The second-order valence-electron chi connectivity index (χ2n) is 4.00. The summed E-state index contributed by atoms with van der Waals surface area (Å²) < 4.78 is 0. The molecule has 14 heavy (non-hydrogen) atoms. The van der Waals surface area contributed by atoms with Crippen LogP contribution >= 0.6 is 11.6 Å². The molecule has 2 heterocycles. The molecule has 1 aliphatic rings. The molecular weight excluding hydrogens is 202 g/mol. The van der Waals surface area contributed by atoms with Crippen molar-refractivity contribution >= 4 is 17.4 Å². The van der Waals surface area contributed by atoms with E-state index in [2.05, 4.69) is 9.97 Å². The molecule has 5 heteroatoms.